The van der Waals surface area contributed by atoms with Crippen LogP contribution in [0.25, 0.3) is 22.3 Å². The number of rotatable bonds is 5. The fourth-order valence-corrected chi connectivity index (χ4v) is 4.33. The summed E-state index contributed by atoms with van der Waals surface area (Å²) in [5.74, 6) is -0.170. The molecule has 1 aliphatic rings. The molecule has 7 heteroatoms. The van der Waals surface area contributed by atoms with E-state index in [4.69, 9.17) is 0 Å². The summed E-state index contributed by atoms with van der Waals surface area (Å²) in [4.78, 5) is 30.9. The zero-order chi connectivity index (χ0) is 22.3. The average molecular weight is 422 g/mol. The standard InChI is InChI=1S/C24H31N5O2/c1-6-21(30)28(4)14-22(31)29(5)16-8-7-15-11-19(25-18(15)12-16)23-17-9-10-24(2,3)13-20(17)26-27-23/h7-8,11-12,25H,6,9-10,13-14H2,1-5H3,(H,26,27). The number of likely N-dealkylation sites (N-methyl/N-ethyl adjacent to an activating group) is 2. The predicted molar refractivity (Wildman–Crippen MR) is 123 cm³/mol. The minimum atomic E-state index is -0.126. The van der Waals surface area contributed by atoms with Gasteiger partial charge in [-0.1, -0.05) is 26.8 Å². The predicted octanol–water partition coefficient (Wildman–Crippen LogP) is 3.90. The van der Waals surface area contributed by atoms with Crippen molar-refractivity contribution in [2.75, 3.05) is 25.5 Å². The molecule has 1 aromatic carbocycles. The highest BCUT2D eigenvalue weighted by Gasteiger charge is 2.29. The molecule has 2 aromatic heterocycles. The van der Waals surface area contributed by atoms with Crippen LogP contribution in [-0.2, 0) is 22.4 Å². The van der Waals surface area contributed by atoms with Crippen LogP contribution in [0.5, 0.6) is 0 Å². The van der Waals surface area contributed by atoms with E-state index in [-0.39, 0.29) is 18.4 Å². The van der Waals surface area contributed by atoms with Gasteiger partial charge in [-0.05, 0) is 42.9 Å². The molecule has 164 valence electrons. The summed E-state index contributed by atoms with van der Waals surface area (Å²) in [6, 6.07) is 8.03. The number of H-pyrrole nitrogens is 2. The molecule has 3 aromatic rings. The molecule has 2 heterocycles. The molecule has 0 saturated heterocycles. The van der Waals surface area contributed by atoms with Crippen LogP contribution < -0.4 is 4.90 Å². The van der Waals surface area contributed by atoms with Crippen molar-refractivity contribution in [3.63, 3.8) is 0 Å². The Hall–Kier alpha value is -3.09. The molecule has 0 bridgehead atoms. The number of benzene rings is 1. The van der Waals surface area contributed by atoms with Crippen molar-refractivity contribution in [1.29, 1.82) is 0 Å². The highest BCUT2D eigenvalue weighted by Crippen LogP contribution is 2.38. The van der Waals surface area contributed by atoms with Crippen molar-refractivity contribution in [3.05, 3.63) is 35.5 Å². The Morgan fingerprint density at radius 3 is 2.68 bits per heavy atom. The molecule has 0 unspecified atom stereocenters. The number of aromatic nitrogens is 3. The maximum absolute atomic E-state index is 12.6. The van der Waals surface area contributed by atoms with Gasteiger partial charge in [0.2, 0.25) is 11.8 Å². The fraction of sp³-hybridized carbons (Fsp3) is 0.458. The van der Waals surface area contributed by atoms with E-state index < -0.39 is 0 Å². The number of amides is 2. The molecule has 0 aliphatic heterocycles. The topological polar surface area (TPSA) is 85.1 Å². The van der Waals surface area contributed by atoms with E-state index in [1.807, 2.05) is 18.2 Å². The molecular formula is C24H31N5O2. The summed E-state index contributed by atoms with van der Waals surface area (Å²) >= 11 is 0. The lowest BCUT2D eigenvalue weighted by atomic mass is 9.76. The van der Waals surface area contributed by atoms with Crippen molar-refractivity contribution >= 4 is 28.4 Å². The second kappa shape index (κ2) is 7.87. The van der Waals surface area contributed by atoms with Gasteiger partial charge in [-0.15, -0.1) is 0 Å². The first-order valence-corrected chi connectivity index (χ1v) is 10.9. The van der Waals surface area contributed by atoms with Crippen LogP contribution in [0.3, 0.4) is 0 Å². The number of hydrogen-bond acceptors (Lipinski definition) is 3. The van der Waals surface area contributed by atoms with Crippen LogP contribution in [0.2, 0.25) is 0 Å². The van der Waals surface area contributed by atoms with Crippen LogP contribution in [0, 0.1) is 5.41 Å². The number of fused-ring (bicyclic) bond motifs is 2. The molecule has 31 heavy (non-hydrogen) atoms. The molecule has 7 nitrogen and oxygen atoms in total. The molecule has 0 saturated carbocycles. The summed E-state index contributed by atoms with van der Waals surface area (Å²) in [5, 5.41) is 8.93. The highest BCUT2D eigenvalue weighted by molar-refractivity contribution is 5.98. The van der Waals surface area contributed by atoms with Crippen molar-refractivity contribution in [2.45, 2.75) is 46.5 Å². The number of hydrogen-bond donors (Lipinski definition) is 2. The maximum Gasteiger partial charge on any atom is 0.246 e. The van der Waals surface area contributed by atoms with Gasteiger partial charge in [-0.2, -0.15) is 5.10 Å². The van der Waals surface area contributed by atoms with E-state index in [1.165, 1.54) is 16.2 Å². The highest BCUT2D eigenvalue weighted by atomic mass is 16.2. The number of aromatic amines is 2. The first-order valence-electron chi connectivity index (χ1n) is 10.9. The largest absolute Gasteiger partial charge is 0.353 e. The van der Waals surface area contributed by atoms with Crippen LogP contribution in [0.4, 0.5) is 5.69 Å². The van der Waals surface area contributed by atoms with Gasteiger partial charge in [0.25, 0.3) is 0 Å². The zero-order valence-corrected chi connectivity index (χ0v) is 19.0. The van der Waals surface area contributed by atoms with Gasteiger partial charge in [0.1, 0.15) is 5.69 Å². The lowest BCUT2D eigenvalue weighted by Gasteiger charge is -2.28. The lowest BCUT2D eigenvalue weighted by Crippen LogP contribution is -2.39. The maximum atomic E-state index is 12.6. The minimum Gasteiger partial charge on any atom is -0.353 e. The Morgan fingerprint density at radius 1 is 1.16 bits per heavy atom. The molecule has 4 rings (SSSR count). The summed E-state index contributed by atoms with van der Waals surface area (Å²) in [5.41, 5.74) is 6.58. The van der Waals surface area contributed by atoms with Crippen molar-refractivity contribution in [3.8, 4) is 11.4 Å². The molecule has 0 spiro atoms. The molecule has 1 aliphatic carbocycles. The van der Waals surface area contributed by atoms with E-state index in [0.29, 0.717) is 11.8 Å². The number of nitrogens with zero attached hydrogens (tertiary/aromatic N) is 3. The third kappa shape index (κ3) is 4.09. The summed E-state index contributed by atoms with van der Waals surface area (Å²) < 4.78 is 0. The number of carbonyl (C=O) groups excluding carboxylic acids is 2. The van der Waals surface area contributed by atoms with E-state index in [2.05, 4.69) is 35.1 Å². The smallest absolute Gasteiger partial charge is 0.246 e. The van der Waals surface area contributed by atoms with Crippen molar-refractivity contribution in [1.82, 2.24) is 20.1 Å². The molecule has 0 fully saturated rings. The molecule has 0 atom stereocenters. The quantitative estimate of drug-likeness (QED) is 0.655. The van der Waals surface area contributed by atoms with E-state index in [1.54, 1.807) is 25.9 Å². The normalized spacial score (nSPS) is 15.0. The van der Waals surface area contributed by atoms with Crippen LogP contribution in [-0.4, -0.2) is 52.5 Å². The Balaban J connectivity index is 1.58. The fourth-order valence-electron chi connectivity index (χ4n) is 4.33. The Bertz CT molecular complexity index is 1140. The molecule has 2 amide bonds. The van der Waals surface area contributed by atoms with Gasteiger partial charge < -0.3 is 14.8 Å². The van der Waals surface area contributed by atoms with Gasteiger partial charge >= 0.3 is 0 Å². The number of nitrogens with one attached hydrogen (secondary N) is 2. The molecule has 0 radical (unpaired) electrons. The Kier molecular flexibility index (Phi) is 5.37. The van der Waals surface area contributed by atoms with Gasteiger partial charge in [0, 0.05) is 48.4 Å². The van der Waals surface area contributed by atoms with Crippen molar-refractivity contribution in [2.24, 2.45) is 5.41 Å². The SMILES string of the molecule is CCC(=O)N(C)CC(=O)N(C)c1ccc2cc(-c3n[nH]c4c3CCC(C)(C)C4)[nH]c2c1. The van der Waals surface area contributed by atoms with E-state index >= 15 is 0 Å². The monoisotopic (exact) mass is 421 g/mol. The second-order valence-electron chi connectivity index (χ2n) is 9.38. The minimum absolute atomic E-state index is 0.0445. The summed E-state index contributed by atoms with van der Waals surface area (Å²) in [7, 11) is 3.40. The second-order valence-corrected chi connectivity index (χ2v) is 9.38. The number of carbonyl (C=O) groups is 2. The number of anilines is 1. The Labute approximate surface area is 182 Å². The Morgan fingerprint density at radius 2 is 1.94 bits per heavy atom. The van der Waals surface area contributed by atoms with Crippen molar-refractivity contribution < 1.29 is 9.59 Å². The summed E-state index contributed by atoms with van der Waals surface area (Å²) in [6.45, 7) is 6.46. The first-order chi connectivity index (χ1) is 14.7. The first kappa shape index (κ1) is 21.2. The van der Waals surface area contributed by atoms with Gasteiger partial charge in [0.05, 0.1) is 12.2 Å². The lowest BCUT2D eigenvalue weighted by molar-refractivity contribution is -0.133. The van der Waals surface area contributed by atoms with Gasteiger partial charge in [-0.3, -0.25) is 14.7 Å². The van der Waals surface area contributed by atoms with E-state index in [9.17, 15) is 9.59 Å². The van der Waals surface area contributed by atoms with Crippen LogP contribution >= 0.6 is 0 Å². The average Bonchev–Trinajstić information content (AvgIpc) is 3.34. The van der Waals surface area contributed by atoms with Crippen LogP contribution in [0.1, 0.15) is 44.9 Å². The zero-order valence-electron chi connectivity index (χ0n) is 19.0. The van der Waals surface area contributed by atoms with Gasteiger partial charge in [0.15, 0.2) is 0 Å². The summed E-state index contributed by atoms with van der Waals surface area (Å²) in [6.07, 6.45) is 3.58. The third-order valence-corrected chi connectivity index (χ3v) is 6.38. The third-order valence-electron chi connectivity index (χ3n) is 6.38. The van der Waals surface area contributed by atoms with Crippen LogP contribution in [0.15, 0.2) is 24.3 Å². The molecular weight excluding hydrogens is 390 g/mol. The van der Waals surface area contributed by atoms with Gasteiger partial charge in [-0.25, -0.2) is 0 Å². The molecule has 2 N–H and O–H groups in total. The van der Waals surface area contributed by atoms with E-state index in [0.717, 1.165) is 47.2 Å².